The maximum Gasteiger partial charge on any atom is 0.189 e. The van der Waals surface area contributed by atoms with Gasteiger partial charge >= 0.3 is 0 Å². The van der Waals surface area contributed by atoms with Gasteiger partial charge < -0.3 is 0 Å². The molecule has 0 saturated carbocycles. The fraction of sp³-hybridized carbons (Fsp3) is 0.0909. The summed E-state index contributed by atoms with van der Waals surface area (Å²) in [7, 11) is 0. The number of Topliss-reactive ketones (excluding diaryl/α,β-unsaturated/α-hetero) is 3. The third kappa shape index (κ3) is 6.00. The number of benzene rings is 3. The normalized spacial score (nSPS) is 15.2. The largest absolute Gasteiger partial charge is 0.289 e. The van der Waals surface area contributed by atoms with Crippen molar-refractivity contribution in [1.82, 2.24) is 0 Å². The molecule has 3 aromatic rings. The molecule has 0 amide bonds. The van der Waals surface area contributed by atoms with Crippen molar-refractivity contribution in [2.45, 2.75) is 20.8 Å². The van der Waals surface area contributed by atoms with Gasteiger partial charge in [0.2, 0.25) is 0 Å². The average Bonchev–Trinajstić information content (AvgIpc) is 2.94. The number of carbonyl (C=O) groups is 6. The molecule has 6 nitrogen and oxygen atoms in total. The Hall–Kier alpha value is -4.88. The molecular formula is C33H22ClFO6. The van der Waals surface area contributed by atoms with E-state index in [1.807, 2.05) is 0 Å². The topological polar surface area (TPSA) is 102 Å². The monoisotopic (exact) mass is 568 g/mol. The minimum atomic E-state index is -0.500. The fourth-order valence-corrected chi connectivity index (χ4v) is 4.56. The summed E-state index contributed by atoms with van der Waals surface area (Å²) < 4.78 is 12.8. The lowest BCUT2D eigenvalue weighted by atomic mass is 9.90. The molecule has 41 heavy (non-hydrogen) atoms. The molecule has 0 heterocycles. The molecule has 0 aliphatic heterocycles. The van der Waals surface area contributed by atoms with Crippen LogP contribution in [-0.2, 0) is 0 Å². The number of halogens is 2. The second kappa shape index (κ2) is 11.7. The quantitative estimate of drug-likeness (QED) is 0.294. The van der Waals surface area contributed by atoms with Crippen LogP contribution in [0.25, 0.3) is 0 Å². The van der Waals surface area contributed by atoms with Gasteiger partial charge in [-0.3, -0.25) is 28.8 Å². The van der Waals surface area contributed by atoms with Gasteiger partial charge in [-0.25, -0.2) is 4.39 Å². The number of fused-ring (bicyclic) bond motifs is 3. The van der Waals surface area contributed by atoms with E-state index in [1.165, 1.54) is 36.4 Å². The van der Waals surface area contributed by atoms with E-state index in [2.05, 4.69) is 0 Å². The maximum atomic E-state index is 12.8. The van der Waals surface area contributed by atoms with E-state index in [4.69, 9.17) is 11.6 Å². The van der Waals surface area contributed by atoms with E-state index in [1.54, 1.807) is 57.2 Å². The van der Waals surface area contributed by atoms with E-state index in [-0.39, 0.29) is 45.8 Å². The van der Waals surface area contributed by atoms with Crippen LogP contribution < -0.4 is 0 Å². The average molecular weight is 569 g/mol. The summed E-state index contributed by atoms with van der Waals surface area (Å²) in [5, 5.41) is 0.472. The predicted octanol–water partition coefficient (Wildman–Crippen LogP) is 6.83. The van der Waals surface area contributed by atoms with E-state index in [9.17, 15) is 33.2 Å². The Morgan fingerprint density at radius 2 is 0.878 bits per heavy atom. The third-order valence-electron chi connectivity index (χ3n) is 6.54. The van der Waals surface area contributed by atoms with Gasteiger partial charge in [-0.1, -0.05) is 35.9 Å². The van der Waals surface area contributed by atoms with Crippen LogP contribution in [0.1, 0.15) is 82.9 Å². The maximum absolute atomic E-state index is 12.8. The molecule has 0 spiro atoms. The molecule has 0 fully saturated rings. The van der Waals surface area contributed by atoms with Gasteiger partial charge in [0, 0.05) is 55.1 Å². The molecule has 204 valence electrons. The zero-order chi connectivity index (χ0) is 30.0. The van der Waals surface area contributed by atoms with Crippen molar-refractivity contribution < 1.29 is 33.2 Å². The highest BCUT2D eigenvalue weighted by molar-refractivity contribution is 6.32. The fourth-order valence-electron chi connectivity index (χ4n) is 4.39. The zero-order valence-corrected chi connectivity index (χ0v) is 23.0. The van der Waals surface area contributed by atoms with E-state index >= 15 is 0 Å². The third-order valence-corrected chi connectivity index (χ3v) is 6.77. The molecule has 0 radical (unpaired) electrons. The second-order valence-corrected chi connectivity index (χ2v) is 9.92. The van der Waals surface area contributed by atoms with Crippen molar-refractivity contribution in [3.05, 3.63) is 140 Å². The summed E-state index contributed by atoms with van der Waals surface area (Å²) in [5.74, 6) is -1.39. The first-order valence-corrected chi connectivity index (χ1v) is 12.8. The summed E-state index contributed by atoms with van der Waals surface area (Å²) >= 11 is 5.75. The van der Waals surface area contributed by atoms with Crippen LogP contribution in [0, 0.1) is 5.82 Å². The summed E-state index contributed by atoms with van der Waals surface area (Å²) in [6, 6.07) is 15.2. The SMILES string of the molecule is CC1=CC(=O)c2ccc(Cl)cc2C1=O.CC1=CC(=O)c2ccc(F)cc2C1=O.CC1=CC(=O)c2ccccc2C1=O. The Morgan fingerprint density at radius 1 is 0.488 bits per heavy atom. The van der Waals surface area contributed by atoms with Crippen LogP contribution in [0.15, 0.2) is 95.6 Å². The molecule has 0 saturated heterocycles. The van der Waals surface area contributed by atoms with E-state index in [0.29, 0.717) is 44.0 Å². The number of allylic oxidation sites excluding steroid dienone is 6. The Balaban J connectivity index is 0.000000142. The molecule has 0 aromatic heterocycles. The molecule has 3 aromatic carbocycles. The van der Waals surface area contributed by atoms with E-state index < -0.39 is 5.82 Å². The first-order chi connectivity index (χ1) is 19.4. The van der Waals surface area contributed by atoms with Crippen molar-refractivity contribution in [3.63, 3.8) is 0 Å². The van der Waals surface area contributed by atoms with Crippen LogP contribution in [0.2, 0.25) is 5.02 Å². The summed E-state index contributed by atoms with van der Waals surface area (Å²) in [5.41, 5.74) is 3.65. The number of carbonyl (C=O) groups excluding carboxylic acids is 6. The minimum absolute atomic E-state index is 0.0461. The van der Waals surface area contributed by atoms with Gasteiger partial charge in [-0.05, 0) is 75.4 Å². The highest BCUT2D eigenvalue weighted by Gasteiger charge is 2.24. The van der Waals surface area contributed by atoms with Crippen molar-refractivity contribution in [1.29, 1.82) is 0 Å². The molecule has 0 bridgehead atoms. The molecule has 3 aliphatic rings. The van der Waals surface area contributed by atoms with Gasteiger partial charge in [0.15, 0.2) is 34.7 Å². The smallest absolute Gasteiger partial charge is 0.189 e. The van der Waals surface area contributed by atoms with Crippen molar-refractivity contribution >= 4 is 46.3 Å². The molecular weight excluding hydrogens is 547 g/mol. The molecule has 8 heteroatoms. The van der Waals surface area contributed by atoms with Gasteiger partial charge in [0.25, 0.3) is 0 Å². The lowest BCUT2D eigenvalue weighted by molar-refractivity contribution is 0.0984. The van der Waals surface area contributed by atoms with Crippen LogP contribution in [0.4, 0.5) is 4.39 Å². The zero-order valence-electron chi connectivity index (χ0n) is 22.2. The first-order valence-electron chi connectivity index (χ1n) is 12.4. The highest BCUT2D eigenvalue weighted by atomic mass is 35.5. The number of rotatable bonds is 0. The Kier molecular flexibility index (Phi) is 8.31. The number of ketones is 6. The minimum Gasteiger partial charge on any atom is -0.289 e. The Labute approximate surface area is 239 Å². The summed E-state index contributed by atoms with van der Waals surface area (Å²) in [6.45, 7) is 4.84. The van der Waals surface area contributed by atoms with Crippen LogP contribution >= 0.6 is 11.6 Å². The van der Waals surface area contributed by atoms with Crippen LogP contribution in [0.3, 0.4) is 0 Å². The number of hydrogen-bond acceptors (Lipinski definition) is 6. The van der Waals surface area contributed by atoms with Crippen molar-refractivity contribution in [2.75, 3.05) is 0 Å². The van der Waals surface area contributed by atoms with E-state index in [0.717, 1.165) is 6.07 Å². The molecule has 0 atom stereocenters. The molecule has 3 aliphatic carbocycles. The Bertz CT molecular complexity index is 1700. The molecule has 0 unspecified atom stereocenters. The second-order valence-electron chi connectivity index (χ2n) is 9.49. The van der Waals surface area contributed by atoms with Gasteiger partial charge in [-0.2, -0.15) is 0 Å². The predicted molar refractivity (Wildman–Crippen MR) is 152 cm³/mol. The Morgan fingerprint density at radius 3 is 1.39 bits per heavy atom. The standard InChI is InChI=1S/C11H7ClO2.C11H7FO2.C11H8O2/c2*1-6-4-10(13)8-3-2-7(12)5-9(8)11(6)14;1-7-6-10(12)8-4-2-3-5-9(8)11(7)13/h2*2-5H,1H3;2-6H,1H3. The lowest BCUT2D eigenvalue weighted by Gasteiger charge is -2.11. The highest BCUT2D eigenvalue weighted by Crippen LogP contribution is 2.24. The molecule has 0 N–H and O–H groups in total. The van der Waals surface area contributed by atoms with Gasteiger partial charge in [0.05, 0.1) is 0 Å². The van der Waals surface area contributed by atoms with Crippen LogP contribution in [0.5, 0.6) is 0 Å². The summed E-state index contributed by atoms with van der Waals surface area (Å²) in [4.78, 5) is 69.0. The van der Waals surface area contributed by atoms with Crippen LogP contribution in [-0.4, -0.2) is 34.7 Å². The molecule has 6 rings (SSSR count). The van der Waals surface area contributed by atoms with Crippen molar-refractivity contribution in [2.24, 2.45) is 0 Å². The van der Waals surface area contributed by atoms with Gasteiger partial charge in [-0.15, -0.1) is 0 Å². The first kappa shape index (κ1) is 29.1. The van der Waals surface area contributed by atoms with Gasteiger partial charge in [0.1, 0.15) is 5.82 Å². The lowest BCUT2D eigenvalue weighted by Crippen LogP contribution is -2.15. The summed E-state index contributed by atoms with van der Waals surface area (Å²) in [6.07, 6.45) is 4.03. The number of hydrogen-bond donors (Lipinski definition) is 0. The van der Waals surface area contributed by atoms with Crippen molar-refractivity contribution in [3.8, 4) is 0 Å².